The van der Waals surface area contributed by atoms with Crippen LogP contribution >= 0.6 is 15.9 Å². The van der Waals surface area contributed by atoms with E-state index >= 15 is 0 Å². The van der Waals surface area contributed by atoms with E-state index in [1.807, 2.05) is 0 Å². The highest BCUT2D eigenvalue weighted by atomic mass is 79.9. The van der Waals surface area contributed by atoms with Crippen molar-refractivity contribution in [1.82, 2.24) is 15.3 Å². The first-order chi connectivity index (χ1) is 10.0. The van der Waals surface area contributed by atoms with Crippen LogP contribution in [0, 0.1) is 0 Å². The van der Waals surface area contributed by atoms with Crippen molar-refractivity contribution in [2.24, 2.45) is 0 Å². The van der Waals surface area contributed by atoms with Crippen LogP contribution in [0.3, 0.4) is 0 Å². The second kappa shape index (κ2) is 7.06. The lowest BCUT2D eigenvalue weighted by Crippen LogP contribution is -2.14. The summed E-state index contributed by atoms with van der Waals surface area (Å²) in [6.07, 6.45) is 5.58. The third-order valence-electron chi connectivity index (χ3n) is 2.79. The van der Waals surface area contributed by atoms with Crippen LogP contribution in [0.25, 0.3) is 0 Å². The highest BCUT2D eigenvalue weighted by molar-refractivity contribution is 9.10. The average molecular weight is 373 g/mol. The number of aromatic amines is 1. The number of H-pyrrole nitrogens is 1. The lowest BCUT2D eigenvalue weighted by atomic mass is 10.4. The van der Waals surface area contributed by atoms with Crippen molar-refractivity contribution in [2.75, 3.05) is 11.3 Å². The SMILES string of the molecule is CCCNCc1cc(S(=O)(=O)Nc2ccncc2Br)c[nH]1. The molecule has 2 heterocycles. The summed E-state index contributed by atoms with van der Waals surface area (Å²) in [5.74, 6) is 0. The van der Waals surface area contributed by atoms with Gasteiger partial charge in [-0.3, -0.25) is 9.71 Å². The van der Waals surface area contributed by atoms with Gasteiger partial charge >= 0.3 is 0 Å². The molecular formula is C13H17BrN4O2S. The maximum Gasteiger partial charge on any atom is 0.263 e. The van der Waals surface area contributed by atoms with Crippen molar-refractivity contribution < 1.29 is 8.42 Å². The van der Waals surface area contributed by atoms with E-state index in [0.717, 1.165) is 18.7 Å². The molecule has 0 spiro atoms. The van der Waals surface area contributed by atoms with E-state index in [0.29, 0.717) is 16.7 Å². The van der Waals surface area contributed by atoms with Crippen molar-refractivity contribution in [3.8, 4) is 0 Å². The molecule has 0 atom stereocenters. The van der Waals surface area contributed by atoms with Crippen molar-refractivity contribution in [2.45, 2.75) is 24.8 Å². The molecule has 2 aromatic rings. The van der Waals surface area contributed by atoms with Gasteiger partial charge in [-0.05, 0) is 41.0 Å². The van der Waals surface area contributed by atoms with Crippen LogP contribution in [0.5, 0.6) is 0 Å². The van der Waals surface area contributed by atoms with Gasteiger partial charge in [-0.1, -0.05) is 6.92 Å². The molecule has 0 saturated heterocycles. The van der Waals surface area contributed by atoms with Crippen molar-refractivity contribution in [1.29, 1.82) is 0 Å². The quantitative estimate of drug-likeness (QED) is 0.651. The topological polar surface area (TPSA) is 86.9 Å². The van der Waals surface area contributed by atoms with E-state index < -0.39 is 10.0 Å². The number of aromatic nitrogens is 2. The van der Waals surface area contributed by atoms with Crippen LogP contribution in [-0.4, -0.2) is 24.9 Å². The van der Waals surface area contributed by atoms with Crippen LogP contribution in [0.15, 0.2) is 40.1 Å². The summed E-state index contributed by atoms with van der Waals surface area (Å²) in [5.41, 5.74) is 1.29. The number of rotatable bonds is 7. The zero-order chi connectivity index (χ0) is 15.3. The van der Waals surface area contributed by atoms with Crippen LogP contribution in [0.2, 0.25) is 0 Å². The van der Waals surface area contributed by atoms with Gasteiger partial charge in [0.25, 0.3) is 10.0 Å². The molecule has 8 heteroatoms. The Morgan fingerprint density at radius 3 is 2.95 bits per heavy atom. The highest BCUT2D eigenvalue weighted by Gasteiger charge is 2.17. The number of anilines is 1. The van der Waals surface area contributed by atoms with Crippen molar-refractivity contribution in [3.05, 3.63) is 40.9 Å². The summed E-state index contributed by atoms with van der Waals surface area (Å²) < 4.78 is 27.7. The lowest BCUT2D eigenvalue weighted by Gasteiger charge is -2.07. The molecule has 0 radical (unpaired) electrons. The van der Waals surface area contributed by atoms with E-state index in [9.17, 15) is 8.42 Å². The van der Waals surface area contributed by atoms with Crippen molar-refractivity contribution >= 4 is 31.6 Å². The Kier molecular flexibility index (Phi) is 5.38. The molecule has 0 aromatic carbocycles. The second-order valence-electron chi connectivity index (χ2n) is 4.50. The molecule has 0 aliphatic rings. The minimum absolute atomic E-state index is 0.208. The predicted octanol–water partition coefficient (Wildman–Crippen LogP) is 2.47. The van der Waals surface area contributed by atoms with E-state index in [1.165, 1.54) is 18.6 Å². The summed E-state index contributed by atoms with van der Waals surface area (Å²) in [5, 5.41) is 3.21. The van der Waals surface area contributed by atoms with Crippen molar-refractivity contribution in [3.63, 3.8) is 0 Å². The zero-order valence-electron chi connectivity index (χ0n) is 11.6. The first-order valence-electron chi connectivity index (χ1n) is 6.53. The minimum Gasteiger partial charge on any atom is -0.363 e. The fourth-order valence-corrected chi connectivity index (χ4v) is 3.32. The standard InChI is InChI=1S/C13H17BrN4O2S/c1-2-4-15-7-10-6-11(8-17-10)21(19,20)18-13-3-5-16-9-12(13)14/h3,5-6,8-9,15,17H,2,4,7H2,1H3,(H,16,18). The fraction of sp³-hybridized carbons (Fsp3) is 0.308. The normalized spacial score (nSPS) is 11.5. The molecule has 3 N–H and O–H groups in total. The molecule has 0 fully saturated rings. The average Bonchev–Trinajstić information content (AvgIpc) is 2.91. The molecule has 2 aromatic heterocycles. The summed E-state index contributed by atoms with van der Waals surface area (Å²) in [4.78, 5) is 7.07. The molecule has 6 nitrogen and oxygen atoms in total. The molecule has 2 rings (SSSR count). The molecule has 0 aliphatic carbocycles. The molecule has 0 bridgehead atoms. The third kappa shape index (κ3) is 4.29. The van der Waals surface area contributed by atoms with E-state index in [1.54, 1.807) is 12.1 Å². The number of nitrogens with zero attached hydrogens (tertiary/aromatic N) is 1. The van der Waals surface area contributed by atoms with E-state index in [-0.39, 0.29) is 4.90 Å². The highest BCUT2D eigenvalue weighted by Crippen LogP contribution is 2.23. The summed E-state index contributed by atoms with van der Waals surface area (Å²) in [6.45, 7) is 3.58. The minimum atomic E-state index is -3.61. The van der Waals surface area contributed by atoms with Gasteiger partial charge < -0.3 is 10.3 Å². The third-order valence-corrected chi connectivity index (χ3v) is 4.76. The van der Waals surface area contributed by atoms with Gasteiger partial charge in [-0.2, -0.15) is 0 Å². The largest absolute Gasteiger partial charge is 0.363 e. The molecule has 114 valence electrons. The first kappa shape index (κ1) is 16.0. The van der Waals surface area contributed by atoms with Gasteiger partial charge in [0.15, 0.2) is 0 Å². The van der Waals surface area contributed by atoms with E-state index in [2.05, 4.69) is 42.9 Å². The molecule has 0 saturated carbocycles. The lowest BCUT2D eigenvalue weighted by molar-refractivity contribution is 0.601. The number of hydrogen-bond donors (Lipinski definition) is 3. The second-order valence-corrected chi connectivity index (χ2v) is 7.04. The van der Waals surface area contributed by atoms with Crippen LogP contribution in [0.1, 0.15) is 19.0 Å². The number of hydrogen-bond acceptors (Lipinski definition) is 4. The fourth-order valence-electron chi connectivity index (χ4n) is 1.74. The van der Waals surface area contributed by atoms with Gasteiger partial charge in [-0.25, -0.2) is 8.42 Å². The Balaban J connectivity index is 2.11. The maximum atomic E-state index is 12.3. The number of nitrogens with one attached hydrogen (secondary N) is 3. The first-order valence-corrected chi connectivity index (χ1v) is 8.81. The number of halogens is 1. The Bertz CT molecular complexity index is 700. The maximum absolute atomic E-state index is 12.3. The Morgan fingerprint density at radius 2 is 2.24 bits per heavy atom. The molecule has 21 heavy (non-hydrogen) atoms. The molecule has 0 unspecified atom stereocenters. The van der Waals surface area contributed by atoms with E-state index in [4.69, 9.17) is 0 Å². The zero-order valence-corrected chi connectivity index (χ0v) is 14.0. The molecule has 0 amide bonds. The van der Waals surface area contributed by atoms with Gasteiger partial charge in [-0.15, -0.1) is 0 Å². The summed E-state index contributed by atoms with van der Waals surface area (Å²) in [6, 6.07) is 3.22. The predicted molar refractivity (Wildman–Crippen MR) is 85.5 cm³/mol. The Labute approximate surface area is 132 Å². The van der Waals surface area contributed by atoms with Gasteiger partial charge in [0, 0.05) is 30.8 Å². The van der Waals surface area contributed by atoms with Crippen LogP contribution < -0.4 is 10.0 Å². The smallest absolute Gasteiger partial charge is 0.263 e. The Hall–Kier alpha value is -1.38. The number of sulfonamides is 1. The van der Waals surface area contributed by atoms with Crippen LogP contribution in [-0.2, 0) is 16.6 Å². The van der Waals surface area contributed by atoms with Gasteiger partial charge in [0.2, 0.25) is 0 Å². The Morgan fingerprint density at radius 1 is 1.43 bits per heavy atom. The summed E-state index contributed by atoms with van der Waals surface area (Å²) in [7, 11) is -3.61. The molecular weight excluding hydrogens is 356 g/mol. The van der Waals surface area contributed by atoms with Gasteiger partial charge in [0.05, 0.1) is 10.2 Å². The summed E-state index contributed by atoms with van der Waals surface area (Å²) >= 11 is 3.26. The monoisotopic (exact) mass is 372 g/mol. The number of pyridine rings is 1. The molecule has 0 aliphatic heterocycles. The van der Waals surface area contributed by atoms with Crippen LogP contribution in [0.4, 0.5) is 5.69 Å². The van der Waals surface area contributed by atoms with Gasteiger partial charge in [0.1, 0.15) is 4.90 Å².